The van der Waals surface area contributed by atoms with E-state index in [-0.39, 0.29) is 12.4 Å². The van der Waals surface area contributed by atoms with Crippen LogP contribution < -0.4 is 4.74 Å². The fourth-order valence-corrected chi connectivity index (χ4v) is 1.26. The predicted molar refractivity (Wildman–Crippen MR) is 56.8 cm³/mol. The standard InChI is InChI=1S/C12H16O2/c1-8-5-12(14-7-10(3)13)6-9(2)11(8)4/h5-6H,7H2,1-4H3. The van der Waals surface area contributed by atoms with Crippen molar-refractivity contribution < 1.29 is 9.53 Å². The van der Waals surface area contributed by atoms with Gasteiger partial charge in [-0.25, -0.2) is 0 Å². The van der Waals surface area contributed by atoms with Crippen LogP contribution in [0, 0.1) is 20.8 Å². The molecule has 0 N–H and O–H groups in total. The quantitative estimate of drug-likeness (QED) is 0.735. The summed E-state index contributed by atoms with van der Waals surface area (Å²) in [6.45, 7) is 7.85. The number of ether oxygens (including phenoxy) is 1. The number of hydrogen-bond donors (Lipinski definition) is 0. The number of ketones is 1. The highest BCUT2D eigenvalue weighted by atomic mass is 16.5. The zero-order valence-electron chi connectivity index (χ0n) is 9.18. The monoisotopic (exact) mass is 192 g/mol. The first-order chi connectivity index (χ1) is 6.50. The van der Waals surface area contributed by atoms with Gasteiger partial charge in [0.15, 0.2) is 5.78 Å². The maximum atomic E-state index is 10.7. The third-order valence-corrected chi connectivity index (χ3v) is 2.34. The van der Waals surface area contributed by atoms with Gasteiger partial charge in [0.2, 0.25) is 0 Å². The number of aryl methyl sites for hydroxylation is 2. The van der Waals surface area contributed by atoms with E-state index in [9.17, 15) is 4.79 Å². The molecular formula is C12H16O2. The Balaban J connectivity index is 2.84. The van der Waals surface area contributed by atoms with Crippen molar-refractivity contribution >= 4 is 5.78 Å². The van der Waals surface area contributed by atoms with E-state index in [4.69, 9.17) is 4.74 Å². The first-order valence-electron chi connectivity index (χ1n) is 4.71. The zero-order chi connectivity index (χ0) is 10.7. The molecule has 1 aromatic carbocycles. The molecule has 0 amide bonds. The smallest absolute Gasteiger partial charge is 0.167 e. The second kappa shape index (κ2) is 4.27. The molecule has 0 spiro atoms. The molecule has 0 saturated heterocycles. The van der Waals surface area contributed by atoms with E-state index in [1.165, 1.54) is 23.6 Å². The van der Waals surface area contributed by atoms with E-state index in [1.54, 1.807) is 0 Å². The van der Waals surface area contributed by atoms with Crippen molar-refractivity contribution in [3.63, 3.8) is 0 Å². The molecule has 2 heteroatoms. The number of carbonyl (C=O) groups is 1. The molecule has 1 rings (SSSR count). The Morgan fingerprint density at radius 1 is 1.21 bits per heavy atom. The molecule has 1 aromatic rings. The number of rotatable bonds is 3. The average Bonchev–Trinajstić information content (AvgIpc) is 2.10. The van der Waals surface area contributed by atoms with Crippen LogP contribution in [-0.2, 0) is 4.79 Å². The Labute approximate surface area is 84.9 Å². The SMILES string of the molecule is CC(=O)COc1cc(C)c(C)c(C)c1. The van der Waals surface area contributed by atoms with Gasteiger partial charge in [0.05, 0.1) is 0 Å². The molecule has 0 unspecified atom stereocenters. The van der Waals surface area contributed by atoms with Gasteiger partial charge >= 0.3 is 0 Å². The number of hydrogen-bond acceptors (Lipinski definition) is 2. The Kier molecular flexibility index (Phi) is 3.28. The van der Waals surface area contributed by atoms with Crippen LogP contribution in [0.5, 0.6) is 5.75 Å². The first kappa shape index (κ1) is 10.8. The molecule has 2 nitrogen and oxygen atoms in total. The predicted octanol–water partition coefficient (Wildman–Crippen LogP) is 2.58. The van der Waals surface area contributed by atoms with E-state index in [1.807, 2.05) is 26.0 Å². The summed E-state index contributed by atoms with van der Waals surface area (Å²) in [6, 6.07) is 3.93. The molecular weight excluding hydrogens is 176 g/mol. The maximum absolute atomic E-state index is 10.7. The minimum Gasteiger partial charge on any atom is -0.486 e. The molecule has 0 bridgehead atoms. The van der Waals surface area contributed by atoms with Gasteiger partial charge < -0.3 is 4.74 Å². The van der Waals surface area contributed by atoms with Crippen LogP contribution >= 0.6 is 0 Å². The summed E-state index contributed by atoms with van der Waals surface area (Å²) in [5.74, 6) is 0.821. The molecule has 0 heterocycles. The van der Waals surface area contributed by atoms with E-state index in [0.717, 1.165) is 5.75 Å². The molecule has 0 aliphatic heterocycles. The third-order valence-electron chi connectivity index (χ3n) is 2.34. The Hall–Kier alpha value is -1.31. The summed E-state index contributed by atoms with van der Waals surface area (Å²) in [5, 5.41) is 0. The van der Waals surface area contributed by atoms with Crippen LogP contribution in [0.4, 0.5) is 0 Å². The van der Waals surface area contributed by atoms with Crippen molar-refractivity contribution in [1.29, 1.82) is 0 Å². The fourth-order valence-electron chi connectivity index (χ4n) is 1.26. The van der Waals surface area contributed by atoms with Crippen molar-refractivity contribution in [2.24, 2.45) is 0 Å². The highest BCUT2D eigenvalue weighted by Crippen LogP contribution is 2.20. The van der Waals surface area contributed by atoms with Crippen molar-refractivity contribution in [1.82, 2.24) is 0 Å². The van der Waals surface area contributed by atoms with Crippen LogP contribution in [0.2, 0.25) is 0 Å². The minimum absolute atomic E-state index is 0.0425. The van der Waals surface area contributed by atoms with E-state index in [2.05, 4.69) is 6.92 Å². The summed E-state index contributed by atoms with van der Waals surface area (Å²) in [5.41, 5.74) is 3.67. The molecule has 0 aliphatic carbocycles. The Morgan fingerprint density at radius 2 is 1.71 bits per heavy atom. The number of Topliss-reactive ketones (excluding diaryl/α,β-unsaturated/α-hetero) is 1. The second-order valence-corrected chi connectivity index (χ2v) is 3.67. The van der Waals surface area contributed by atoms with Crippen LogP contribution in [0.1, 0.15) is 23.6 Å². The lowest BCUT2D eigenvalue weighted by Gasteiger charge is -2.09. The third kappa shape index (κ3) is 2.59. The Bertz CT molecular complexity index is 330. The molecule has 0 aliphatic rings. The summed E-state index contributed by atoms with van der Waals surface area (Å²) >= 11 is 0. The molecule has 0 saturated carbocycles. The van der Waals surface area contributed by atoms with Crippen molar-refractivity contribution in [3.05, 3.63) is 28.8 Å². The van der Waals surface area contributed by atoms with Crippen LogP contribution in [0.3, 0.4) is 0 Å². The molecule has 0 atom stereocenters. The molecule has 14 heavy (non-hydrogen) atoms. The lowest BCUT2D eigenvalue weighted by molar-refractivity contribution is -0.118. The van der Waals surface area contributed by atoms with Gasteiger partial charge in [0.1, 0.15) is 12.4 Å². The van der Waals surface area contributed by atoms with Crippen molar-refractivity contribution in [2.45, 2.75) is 27.7 Å². The first-order valence-corrected chi connectivity index (χ1v) is 4.71. The van der Waals surface area contributed by atoms with Crippen molar-refractivity contribution in [3.8, 4) is 5.75 Å². The van der Waals surface area contributed by atoms with Gasteiger partial charge in [0.25, 0.3) is 0 Å². The Morgan fingerprint density at radius 3 is 2.14 bits per heavy atom. The minimum atomic E-state index is 0.0425. The van der Waals surface area contributed by atoms with Crippen LogP contribution in [0.15, 0.2) is 12.1 Å². The van der Waals surface area contributed by atoms with Gasteiger partial charge in [-0.15, -0.1) is 0 Å². The molecule has 0 radical (unpaired) electrons. The molecule has 0 aromatic heterocycles. The van der Waals surface area contributed by atoms with E-state index < -0.39 is 0 Å². The van der Waals surface area contributed by atoms with Gasteiger partial charge in [-0.2, -0.15) is 0 Å². The highest BCUT2D eigenvalue weighted by molar-refractivity contribution is 5.77. The maximum Gasteiger partial charge on any atom is 0.167 e. The molecule has 76 valence electrons. The molecule has 0 fully saturated rings. The summed E-state index contributed by atoms with van der Waals surface area (Å²) in [7, 11) is 0. The summed E-state index contributed by atoms with van der Waals surface area (Å²) < 4.78 is 5.33. The average molecular weight is 192 g/mol. The summed E-state index contributed by atoms with van der Waals surface area (Å²) in [6.07, 6.45) is 0. The topological polar surface area (TPSA) is 26.3 Å². The van der Waals surface area contributed by atoms with Gasteiger partial charge in [-0.05, 0) is 56.5 Å². The van der Waals surface area contributed by atoms with Crippen LogP contribution in [0.25, 0.3) is 0 Å². The normalized spacial score (nSPS) is 10.0. The lowest BCUT2D eigenvalue weighted by atomic mass is 10.0. The number of carbonyl (C=O) groups excluding carboxylic acids is 1. The second-order valence-electron chi connectivity index (χ2n) is 3.67. The number of benzene rings is 1. The van der Waals surface area contributed by atoms with Crippen molar-refractivity contribution in [2.75, 3.05) is 6.61 Å². The zero-order valence-corrected chi connectivity index (χ0v) is 9.18. The highest BCUT2D eigenvalue weighted by Gasteiger charge is 2.02. The van der Waals surface area contributed by atoms with Gasteiger partial charge in [-0.1, -0.05) is 0 Å². The van der Waals surface area contributed by atoms with Gasteiger partial charge in [-0.3, -0.25) is 4.79 Å². The van der Waals surface area contributed by atoms with E-state index >= 15 is 0 Å². The largest absolute Gasteiger partial charge is 0.486 e. The van der Waals surface area contributed by atoms with E-state index in [0.29, 0.717) is 0 Å². The van der Waals surface area contributed by atoms with Crippen LogP contribution in [-0.4, -0.2) is 12.4 Å². The fraction of sp³-hybridized carbons (Fsp3) is 0.417. The lowest BCUT2D eigenvalue weighted by Crippen LogP contribution is -2.07. The summed E-state index contributed by atoms with van der Waals surface area (Å²) in [4.78, 5) is 10.7. The van der Waals surface area contributed by atoms with Gasteiger partial charge in [0, 0.05) is 0 Å².